The van der Waals surface area contributed by atoms with E-state index in [9.17, 15) is 9.18 Å². The van der Waals surface area contributed by atoms with Gasteiger partial charge in [0.05, 0.1) is 16.5 Å². The molecule has 0 spiro atoms. The van der Waals surface area contributed by atoms with Gasteiger partial charge in [-0.1, -0.05) is 11.6 Å². The van der Waals surface area contributed by atoms with E-state index in [0.717, 1.165) is 27.7 Å². The second-order valence-corrected chi connectivity index (χ2v) is 6.77. The molecule has 1 aliphatic carbocycles. The molecule has 2 N–H and O–H groups in total. The van der Waals surface area contributed by atoms with Crippen molar-refractivity contribution in [2.24, 2.45) is 5.92 Å². The Balaban J connectivity index is 1.50. The van der Waals surface area contributed by atoms with Gasteiger partial charge in [-0.25, -0.2) is 13.9 Å². The predicted molar refractivity (Wildman–Crippen MR) is 96.9 cm³/mol. The first-order valence-electron chi connectivity index (χ1n) is 8.16. The van der Waals surface area contributed by atoms with Crippen LogP contribution in [0.3, 0.4) is 0 Å². The summed E-state index contributed by atoms with van der Waals surface area (Å²) in [6.07, 6.45) is 4.56. The Morgan fingerprint density at radius 3 is 3.04 bits per heavy atom. The standard InChI is InChI=1S/C18H13ClFN5O/c19-16-11-1-3-21-17(11)22-8-13(16)9-2-4-25-10(5-9)6-15(24-25)23-18(26)12-7-14(12)20/h1-6,8,12,14H,7H2,(H,21,22)(H,23,24,26)/t12-,14-/m0/s1. The number of alkyl halides is 1. The normalized spacial score (nSPS) is 19.2. The smallest absolute Gasteiger partial charge is 0.231 e. The molecule has 0 bridgehead atoms. The molecule has 4 aromatic heterocycles. The highest BCUT2D eigenvalue weighted by molar-refractivity contribution is 6.38. The van der Waals surface area contributed by atoms with E-state index in [4.69, 9.17) is 11.6 Å². The zero-order chi connectivity index (χ0) is 17.8. The number of nitrogens with zero attached hydrogens (tertiary/aromatic N) is 3. The maximum atomic E-state index is 13.0. The SMILES string of the molecule is O=C(Nc1cc2cc(-c3cnc4[nH]ccc4c3Cl)ccn2n1)[C@H]1C[C@@H]1F. The fraction of sp³-hybridized carbons (Fsp3) is 0.167. The van der Waals surface area contributed by atoms with Crippen LogP contribution in [0, 0.1) is 5.92 Å². The van der Waals surface area contributed by atoms with Crippen molar-refractivity contribution in [1.29, 1.82) is 0 Å². The third-order valence-electron chi connectivity index (χ3n) is 4.60. The van der Waals surface area contributed by atoms with Crippen LogP contribution in [-0.4, -0.2) is 31.7 Å². The van der Waals surface area contributed by atoms with Gasteiger partial charge in [-0.05, 0) is 30.2 Å². The third-order valence-corrected chi connectivity index (χ3v) is 5.00. The maximum absolute atomic E-state index is 13.0. The highest BCUT2D eigenvalue weighted by Crippen LogP contribution is 2.35. The van der Waals surface area contributed by atoms with Gasteiger partial charge in [0.15, 0.2) is 5.82 Å². The molecule has 26 heavy (non-hydrogen) atoms. The van der Waals surface area contributed by atoms with Crippen LogP contribution in [0.15, 0.2) is 42.9 Å². The molecule has 5 rings (SSSR count). The lowest BCUT2D eigenvalue weighted by Gasteiger charge is -2.05. The van der Waals surface area contributed by atoms with Crippen molar-refractivity contribution in [3.8, 4) is 11.1 Å². The van der Waals surface area contributed by atoms with Gasteiger partial charge < -0.3 is 10.3 Å². The van der Waals surface area contributed by atoms with Gasteiger partial charge in [-0.3, -0.25) is 4.79 Å². The Morgan fingerprint density at radius 2 is 2.23 bits per heavy atom. The largest absolute Gasteiger partial charge is 0.346 e. The van der Waals surface area contributed by atoms with Crippen molar-refractivity contribution < 1.29 is 9.18 Å². The van der Waals surface area contributed by atoms with E-state index in [0.29, 0.717) is 10.8 Å². The summed E-state index contributed by atoms with van der Waals surface area (Å²) < 4.78 is 14.6. The number of aromatic amines is 1. The van der Waals surface area contributed by atoms with E-state index in [2.05, 4.69) is 20.4 Å². The Bertz CT molecular complexity index is 1170. The molecule has 8 heteroatoms. The minimum absolute atomic E-state index is 0.288. The lowest BCUT2D eigenvalue weighted by molar-refractivity contribution is -0.117. The number of pyridine rings is 2. The molecule has 0 aliphatic heterocycles. The monoisotopic (exact) mass is 369 g/mol. The Labute approximate surface area is 152 Å². The number of hydrogen-bond acceptors (Lipinski definition) is 3. The molecular weight excluding hydrogens is 357 g/mol. The van der Waals surface area contributed by atoms with Crippen molar-refractivity contribution in [3.63, 3.8) is 0 Å². The fourth-order valence-electron chi connectivity index (χ4n) is 3.05. The van der Waals surface area contributed by atoms with Gasteiger partial charge in [-0.2, -0.15) is 5.10 Å². The number of hydrogen-bond donors (Lipinski definition) is 2. The van der Waals surface area contributed by atoms with E-state index in [-0.39, 0.29) is 12.3 Å². The molecule has 6 nitrogen and oxygen atoms in total. The summed E-state index contributed by atoms with van der Waals surface area (Å²) in [4.78, 5) is 19.3. The average molecular weight is 370 g/mol. The van der Waals surface area contributed by atoms with Crippen LogP contribution in [0.2, 0.25) is 5.02 Å². The highest BCUT2D eigenvalue weighted by atomic mass is 35.5. The molecule has 130 valence electrons. The number of nitrogens with one attached hydrogen (secondary N) is 2. The van der Waals surface area contributed by atoms with E-state index >= 15 is 0 Å². The summed E-state index contributed by atoms with van der Waals surface area (Å²) in [7, 11) is 0. The molecule has 1 saturated carbocycles. The molecule has 1 aliphatic rings. The second-order valence-electron chi connectivity index (χ2n) is 6.39. The molecule has 1 fully saturated rings. The van der Waals surface area contributed by atoms with Crippen molar-refractivity contribution in [2.75, 3.05) is 5.32 Å². The quantitative estimate of drug-likeness (QED) is 0.576. The number of carbonyl (C=O) groups is 1. The maximum Gasteiger partial charge on any atom is 0.231 e. The number of H-pyrrole nitrogens is 1. The minimum Gasteiger partial charge on any atom is -0.346 e. The summed E-state index contributed by atoms with van der Waals surface area (Å²) in [6, 6.07) is 7.42. The average Bonchev–Trinajstić information content (AvgIpc) is 3.03. The van der Waals surface area contributed by atoms with Crippen molar-refractivity contribution in [1.82, 2.24) is 19.6 Å². The summed E-state index contributed by atoms with van der Waals surface area (Å²) in [5, 5.41) is 8.44. The van der Waals surface area contributed by atoms with Crippen LogP contribution in [0.1, 0.15) is 6.42 Å². The third kappa shape index (κ3) is 2.43. The molecule has 0 radical (unpaired) electrons. The van der Waals surface area contributed by atoms with Gasteiger partial charge in [0.1, 0.15) is 11.8 Å². The fourth-order valence-corrected chi connectivity index (χ4v) is 3.36. The molecular formula is C18H13ClFN5O. The molecule has 4 heterocycles. The van der Waals surface area contributed by atoms with E-state index < -0.39 is 12.1 Å². The number of halogens is 2. The van der Waals surface area contributed by atoms with Gasteiger partial charge in [0.2, 0.25) is 5.91 Å². The number of carbonyl (C=O) groups excluding carboxylic acids is 1. The topological polar surface area (TPSA) is 75.1 Å². The zero-order valence-electron chi connectivity index (χ0n) is 13.4. The number of fused-ring (bicyclic) bond motifs is 2. The van der Waals surface area contributed by atoms with Crippen LogP contribution in [-0.2, 0) is 4.79 Å². The number of amides is 1. The van der Waals surface area contributed by atoms with E-state index in [1.807, 2.05) is 18.2 Å². The predicted octanol–water partition coefficient (Wildman–Crippen LogP) is 3.83. The van der Waals surface area contributed by atoms with Gasteiger partial charge in [0.25, 0.3) is 0 Å². The summed E-state index contributed by atoms with van der Waals surface area (Å²) in [6.45, 7) is 0. The van der Waals surface area contributed by atoms with Crippen LogP contribution < -0.4 is 5.32 Å². The molecule has 2 atom stereocenters. The Kier molecular flexibility index (Phi) is 3.27. The number of rotatable bonds is 3. The van der Waals surface area contributed by atoms with Crippen LogP contribution >= 0.6 is 11.6 Å². The lowest BCUT2D eigenvalue weighted by atomic mass is 10.1. The lowest BCUT2D eigenvalue weighted by Crippen LogP contribution is -2.15. The second kappa shape index (κ2) is 5.54. The molecule has 0 saturated heterocycles. The van der Waals surface area contributed by atoms with Crippen LogP contribution in [0.4, 0.5) is 10.2 Å². The minimum atomic E-state index is -1.03. The molecule has 4 aromatic rings. The highest BCUT2D eigenvalue weighted by Gasteiger charge is 2.43. The van der Waals surface area contributed by atoms with Crippen LogP contribution in [0.25, 0.3) is 27.7 Å². The first-order chi connectivity index (χ1) is 12.6. The first-order valence-corrected chi connectivity index (χ1v) is 8.54. The van der Waals surface area contributed by atoms with Gasteiger partial charge in [-0.15, -0.1) is 0 Å². The zero-order valence-corrected chi connectivity index (χ0v) is 14.2. The number of aromatic nitrogens is 4. The van der Waals surface area contributed by atoms with Crippen molar-refractivity contribution in [2.45, 2.75) is 12.6 Å². The van der Waals surface area contributed by atoms with Gasteiger partial charge in [0, 0.05) is 35.6 Å². The Morgan fingerprint density at radius 1 is 1.38 bits per heavy atom. The van der Waals surface area contributed by atoms with Crippen molar-refractivity contribution in [3.05, 3.63) is 47.9 Å². The van der Waals surface area contributed by atoms with Crippen molar-refractivity contribution >= 4 is 39.9 Å². The molecule has 1 amide bonds. The molecule has 0 aromatic carbocycles. The van der Waals surface area contributed by atoms with Gasteiger partial charge >= 0.3 is 0 Å². The summed E-state index contributed by atoms with van der Waals surface area (Å²) >= 11 is 6.52. The summed E-state index contributed by atoms with van der Waals surface area (Å²) in [5.74, 6) is -0.476. The first kappa shape index (κ1) is 15.3. The Hall–Kier alpha value is -2.93. The summed E-state index contributed by atoms with van der Waals surface area (Å²) in [5.41, 5.74) is 3.23. The van der Waals surface area contributed by atoms with E-state index in [1.165, 1.54) is 0 Å². The van der Waals surface area contributed by atoms with Crippen LogP contribution in [0.5, 0.6) is 0 Å². The number of anilines is 1. The molecule has 0 unspecified atom stereocenters. The van der Waals surface area contributed by atoms with E-state index in [1.54, 1.807) is 29.2 Å².